The third kappa shape index (κ3) is 7.41. The van der Waals surface area contributed by atoms with E-state index in [0.717, 1.165) is 0 Å². The Bertz CT molecular complexity index is 903. The predicted octanol–water partition coefficient (Wildman–Crippen LogP) is 3.39. The second-order valence-electron chi connectivity index (χ2n) is 7.46. The van der Waals surface area contributed by atoms with E-state index in [9.17, 15) is 24.5 Å². The highest BCUT2D eigenvalue weighted by Crippen LogP contribution is 2.31. The number of hydrogen-bond acceptors (Lipinski definition) is 6. The number of piperidine rings is 1. The molecule has 1 aromatic carbocycles. The van der Waals surface area contributed by atoms with E-state index < -0.39 is 17.4 Å². The van der Waals surface area contributed by atoms with Crippen LogP contribution in [0.1, 0.15) is 31.7 Å². The first kappa shape index (κ1) is 26.2. The first-order valence-corrected chi connectivity index (χ1v) is 9.44. The molecular formula is C21H25BrN2O7. The minimum Gasteiger partial charge on any atom is -0.481 e. The van der Waals surface area contributed by atoms with Gasteiger partial charge in [-0.2, -0.15) is 0 Å². The van der Waals surface area contributed by atoms with Gasteiger partial charge in [0.1, 0.15) is 5.78 Å². The highest BCUT2D eigenvalue weighted by Gasteiger charge is 2.34. The van der Waals surface area contributed by atoms with Gasteiger partial charge in [0.2, 0.25) is 0 Å². The molecule has 2 aliphatic rings. The zero-order valence-corrected chi connectivity index (χ0v) is 18.7. The Balaban J connectivity index is 0.000000311. The molecule has 1 saturated heterocycles. The fourth-order valence-corrected chi connectivity index (χ4v) is 3.21. The summed E-state index contributed by atoms with van der Waals surface area (Å²) < 4.78 is 0. The molecule has 0 aromatic heterocycles. The minimum atomic E-state index is -1.08. The Kier molecular flexibility index (Phi) is 9.73. The maximum Gasteiger partial charge on any atom is 0.331 e. The third-order valence-electron chi connectivity index (χ3n) is 5.08. The van der Waals surface area contributed by atoms with Crippen LogP contribution >= 0.6 is 17.0 Å². The van der Waals surface area contributed by atoms with Gasteiger partial charge >= 0.3 is 11.9 Å². The van der Waals surface area contributed by atoms with Gasteiger partial charge in [0.25, 0.3) is 5.69 Å². The lowest BCUT2D eigenvalue weighted by molar-refractivity contribution is -0.385. The van der Waals surface area contributed by atoms with Crippen LogP contribution < -0.4 is 0 Å². The molecule has 1 aromatic rings. The molecule has 0 amide bonds. The van der Waals surface area contributed by atoms with E-state index in [1.807, 2.05) is 0 Å². The Hall–Kier alpha value is -2.85. The van der Waals surface area contributed by atoms with Gasteiger partial charge in [-0.1, -0.05) is 36.4 Å². The topological polar surface area (TPSA) is 138 Å². The van der Waals surface area contributed by atoms with Gasteiger partial charge in [-0.15, -0.1) is 17.0 Å². The zero-order chi connectivity index (χ0) is 22.3. The number of likely N-dealkylation sites (tertiary alicyclic amines) is 1. The molecule has 1 atom stereocenters. The molecule has 0 spiro atoms. The van der Waals surface area contributed by atoms with Crippen molar-refractivity contribution in [3.63, 3.8) is 0 Å². The fraction of sp³-hybridized carbons (Fsp3) is 0.381. The number of nitro benzene ring substituents is 1. The fourth-order valence-electron chi connectivity index (χ4n) is 3.21. The average Bonchev–Trinajstić information content (AvgIpc) is 2.70. The number of carboxylic acid groups (broad SMARTS) is 2. The number of allylic oxidation sites excluding steroid dienone is 2. The number of aliphatic carboxylic acids is 2. The Labute approximate surface area is 190 Å². The van der Waals surface area contributed by atoms with E-state index in [2.05, 4.69) is 4.90 Å². The van der Waals surface area contributed by atoms with E-state index in [1.165, 1.54) is 31.2 Å². The molecule has 1 unspecified atom stereocenters. The van der Waals surface area contributed by atoms with Crippen molar-refractivity contribution in [1.29, 1.82) is 0 Å². The Morgan fingerprint density at radius 2 is 1.81 bits per heavy atom. The number of para-hydroxylation sites is 1. The number of carbonyl (C=O) groups is 3. The number of Topliss-reactive ketones (excluding diaryl/α,β-unsaturated/α-hetero) is 1. The summed E-state index contributed by atoms with van der Waals surface area (Å²) in [4.78, 5) is 45.0. The number of rotatable bonds is 5. The van der Waals surface area contributed by atoms with Crippen molar-refractivity contribution in [2.24, 2.45) is 5.41 Å². The Morgan fingerprint density at radius 1 is 1.19 bits per heavy atom. The van der Waals surface area contributed by atoms with Crippen LogP contribution in [0, 0.1) is 15.5 Å². The number of halogens is 1. The molecule has 1 aliphatic carbocycles. The lowest BCUT2D eigenvalue weighted by atomic mass is 9.80. The maximum absolute atomic E-state index is 11.1. The van der Waals surface area contributed by atoms with Crippen LogP contribution in [-0.2, 0) is 20.9 Å². The molecule has 1 heterocycles. The zero-order valence-electron chi connectivity index (χ0n) is 17.0. The summed E-state index contributed by atoms with van der Waals surface area (Å²) in [6.45, 7) is 3.45. The third-order valence-corrected chi connectivity index (χ3v) is 5.08. The number of carbonyl (C=O) groups excluding carboxylic acids is 1. The second-order valence-corrected chi connectivity index (χ2v) is 7.46. The molecule has 0 saturated carbocycles. The van der Waals surface area contributed by atoms with Gasteiger partial charge in [0, 0.05) is 49.7 Å². The molecule has 1 aliphatic heterocycles. The van der Waals surface area contributed by atoms with Crippen LogP contribution in [0.15, 0.2) is 48.1 Å². The van der Waals surface area contributed by atoms with Gasteiger partial charge in [-0.25, -0.2) is 4.79 Å². The van der Waals surface area contributed by atoms with Gasteiger partial charge in [-0.05, 0) is 13.3 Å². The number of hydrogen-bond donors (Lipinski definition) is 2. The van der Waals surface area contributed by atoms with Crippen LogP contribution in [0.5, 0.6) is 0 Å². The Morgan fingerprint density at radius 3 is 2.35 bits per heavy atom. The summed E-state index contributed by atoms with van der Waals surface area (Å²) in [6, 6.07) is 6.76. The van der Waals surface area contributed by atoms with Crippen molar-refractivity contribution in [3.05, 3.63) is 63.7 Å². The van der Waals surface area contributed by atoms with Crippen LogP contribution in [-0.4, -0.2) is 50.8 Å². The SMILES string of the molecule is Br.CC1(C(=O)O)C=CC=C(C(=O)O)C1.O=C1CCN(Cc2ccccc2[N+](=O)[O-])CC1. The smallest absolute Gasteiger partial charge is 0.331 e. The molecule has 0 bridgehead atoms. The van der Waals surface area contributed by atoms with Gasteiger partial charge in [0.05, 0.1) is 10.3 Å². The molecule has 2 N–H and O–H groups in total. The summed E-state index contributed by atoms with van der Waals surface area (Å²) >= 11 is 0. The number of nitro groups is 1. The second kappa shape index (κ2) is 11.5. The summed E-state index contributed by atoms with van der Waals surface area (Å²) in [7, 11) is 0. The lowest BCUT2D eigenvalue weighted by Gasteiger charge is -2.25. The quantitative estimate of drug-likeness (QED) is 0.467. The molecule has 0 radical (unpaired) electrons. The van der Waals surface area contributed by atoms with Crippen molar-refractivity contribution in [2.75, 3.05) is 13.1 Å². The van der Waals surface area contributed by atoms with Crippen molar-refractivity contribution < 1.29 is 29.5 Å². The molecule has 168 valence electrons. The molecule has 3 rings (SSSR count). The lowest BCUT2D eigenvalue weighted by Crippen LogP contribution is -2.33. The molecular weight excluding hydrogens is 472 g/mol. The summed E-state index contributed by atoms with van der Waals surface area (Å²) in [5.41, 5.74) is -0.0775. The van der Waals surface area contributed by atoms with Crippen molar-refractivity contribution in [3.8, 4) is 0 Å². The van der Waals surface area contributed by atoms with Crippen molar-refractivity contribution >= 4 is 40.4 Å². The number of carboxylic acids is 2. The number of benzene rings is 1. The first-order valence-electron chi connectivity index (χ1n) is 9.44. The molecule has 31 heavy (non-hydrogen) atoms. The molecule has 9 nitrogen and oxygen atoms in total. The highest BCUT2D eigenvalue weighted by atomic mass is 79.9. The van der Waals surface area contributed by atoms with Crippen LogP contribution in [0.25, 0.3) is 0 Å². The van der Waals surface area contributed by atoms with Gasteiger partial charge in [-0.3, -0.25) is 24.6 Å². The largest absolute Gasteiger partial charge is 0.481 e. The summed E-state index contributed by atoms with van der Waals surface area (Å²) in [5, 5.41) is 28.3. The van der Waals surface area contributed by atoms with E-state index in [0.29, 0.717) is 38.0 Å². The number of nitrogens with zero attached hydrogens (tertiary/aromatic N) is 2. The standard InChI is InChI=1S/C12H14N2O3.C9H10O4.BrH/c15-11-5-7-13(8-6-11)9-10-3-1-2-4-12(10)14(16)17;1-9(8(12)13)4-2-3-6(5-9)7(10)11;/h1-4H,5-9H2;2-4H,5H2,1H3,(H,10,11)(H,12,13);1H. The summed E-state index contributed by atoms with van der Waals surface area (Å²) in [5.74, 6) is -1.78. The van der Waals surface area contributed by atoms with Crippen molar-refractivity contribution in [1.82, 2.24) is 4.90 Å². The van der Waals surface area contributed by atoms with Crippen LogP contribution in [0.3, 0.4) is 0 Å². The van der Waals surface area contributed by atoms with Gasteiger partial charge < -0.3 is 10.2 Å². The molecule has 1 fully saturated rings. The maximum atomic E-state index is 11.1. The summed E-state index contributed by atoms with van der Waals surface area (Å²) in [6.07, 6.45) is 5.55. The van der Waals surface area contributed by atoms with E-state index in [4.69, 9.17) is 10.2 Å². The normalized spacial score (nSPS) is 20.5. The van der Waals surface area contributed by atoms with E-state index >= 15 is 0 Å². The van der Waals surface area contributed by atoms with E-state index in [-0.39, 0.29) is 45.4 Å². The molecule has 10 heteroatoms. The highest BCUT2D eigenvalue weighted by molar-refractivity contribution is 8.93. The average molecular weight is 497 g/mol. The first-order chi connectivity index (χ1) is 14.1. The predicted molar refractivity (Wildman–Crippen MR) is 118 cm³/mol. The van der Waals surface area contributed by atoms with Gasteiger partial charge in [0.15, 0.2) is 0 Å². The van der Waals surface area contributed by atoms with Crippen LogP contribution in [0.2, 0.25) is 0 Å². The van der Waals surface area contributed by atoms with Crippen molar-refractivity contribution in [2.45, 2.75) is 32.7 Å². The van der Waals surface area contributed by atoms with Crippen LogP contribution in [0.4, 0.5) is 5.69 Å². The monoisotopic (exact) mass is 496 g/mol. The van der Waals surface area contributed by atoms with E-state index in [1.54, 1.807) is 18.2 Å². The minimum absolute atomic E-state index is 0. The number of ketones is 1.